The maximum Gasteiger partial charge on any atom is 0.425 e. The lowest BCUT2D eigenvalue weighted by Crippen LogP contribution is -2.44. The number of fused-ring (bicyclic) bond motifs is 1. The summed E-state index contributed by atoms with van der Waals surface area (Å²) in [6.45, 7) is 10.1. The van der Waals surface area contributed by atoms with Gasteiger partial charge < -0.3 is 14.8 Å². The van der Waals surface area contributed by atoms with Gasteiger partial charge in [-0.05, 0) is 82.3 Å². The largest absolute Gasteiger partial charge is 0.443 e. The Morgan fingerprint density at radius 1 is 1.05 bits per heavy atom. The number of carbonyl (C=O) groups is 3. The molecule has 210 valence electrons. The van der Waals surface area contributed by atoms with Crippen LogP contribution in [0.5, 0.6) is 0 Å². The molecule has 0 fully saturated rings. The maximum atomic E-state index is 13.2. The van der Waals surface area contributed by atoms with Crippen LogP contribution in [-0.2, 0) is 27.2 Å². The molecule has 0 aliphatic heterocycles. The summed E-state index contributed by atoms with van der Waals surface area (Å²) in [5.41, 5.74) is -1.00. The molecule has 0 aliphatic carbocycles. The second-order valence-electron chi connectivity index (χ2n) is 10.9. The van der Waals surface area contributed by atoms with Crippen LogP contribution in [0.3, 0.4) is 0 Å². The van der Waals surface area contributed by atoms with Crippen LogP contribution in [0.25, 0.3) is 10.8 Å². The topological polar surface area (TPSA) is 146 Å². The van der Waals surface area contributed by atoms with Crippen molar-refractivity contribution in [2.45, 2.75) is 65.7 Å². The van der Waals surface area contributed by atoms with Crippen molar-refractivity contribution in [2.24, 2.45) is 0 Å². The Labute approximate surface area is 236 Å². The maximum absolute atomic E-state index is 13.2. The summed E-state index contributed by atoms with van der Waals surface area (Å²) in [6, 6.07) is 11.6. The van der Waals surface area contributed by atoms with E-state index in [0.29, 0.717) is 21.1 Å². The van der Waals surface area contributed by atoms with Crippen molar-refractivity contribution >= 4 is 46.3 Å². The van der Waals surface area contributed by atoms with Crippen LogP contribution >= 0.6 is 11.6 Å². The van der Waals surface area contributed by atoms with E-state index in [1.165, 1.54) is 18.3 Å². The van der Waals surface area contributed by atoms with Gasteiger partial charge in [-0.25, -0.2) is 14.6 Å². The first-order chi connectivity index (χ1) is 18.6. The first-order valence-electron chi connectivity index (χ1n) is 12.3. The van der Waals surface area contributed by atoms with Gasteiger partial charge in [0.05, 0.1) is 0 Å². The second-order valence-corrected chi connectivity index (χ2v) is 11.3. The highest BCUT2D eigenvalue weighted by molar-refractivity contribution is 6.28. The number of imide groups is 1. The Bertz CT molecular complexity index is 1480. The van der Waals surface area contributed by atoms with Crippen molar-refractivity contribution in [1.82, 2.24) is 10.3 Å². The molecule has 0 saturated heterocycles. The molecule has 0 radical (unpaired) electrons. The number of nitrogens with zero attached hydrogens (tertiary/aromatic N) is 4. The van der Waals surface area contributed by atoms with E-state index >= 15 is 0 Å². The van der Waals surface area contributed by atoms with E-state index in [4.69, 9.17) is 21.1 Å². The van der Waals surface area contributed by atoms with Gasteiger partial charge in [-0.15, -0.1) is 0 Å². The summed E-state index contributed by atoms with van der Waals surface area (Å²) in [5.74, 6) is -0.467. The Hall–Kier alpha value is -4.43. The zero-order valence-corrected chi connectivity index (χ0v) is 23.9. The average molecular weight is 569 g/mol. The van der Waals surface area contributed by atoms with Gasteiger partial charge in [-0.1, -0.05) is 12.1 Å². The standard InChI is InChI=1S/C28H30ClN5O6/c1-27(2,3)39-25(36)33(26(37)40-28(4,5)6)24-20-13-17(7-8-18(20)11-12-31-24)16-32-23(35)14-21-19(15-30)9-10-22(29)34(21)38/h7-13H,14,16H2,1-6H3,(H-,32,35,38)/p+1. The Balaban J connectivity index is 1.92. The summed E-state index contributed by atoms with van der Waals surface area (Å²) in [6.07, 6.45) is -0.742. The van der Waals surface area contributed by atoms with E-state index in [1.54, 1.807) is 65.8 Å². The zero-order chi connectivity index (χ0) is 29.8. The molecule has 0 bridgehead atoms. The fourth-order valence-corrected chi connectivity index (χ4v) is 3.76. The number of benzene rings is 1. The van der Waals surface area contributed by atoms with Crippen LogP contribution in [-0.4, -0.2) is 39.5 Å². The highest BCUT2D eigenvalue weighted by Gasteiger charge is 2.34. The molecule has 2 N–H and O–H groups in total. The first-order valence-corrected chi connectivity index (χ1v) is 12.7. The fourth-order valence-electron chi connectivity index (χ4n) is 3.60. The predicted molar refractivity (Wildman–Crippen MR) is 146 cm³/mol. The van der Waals surface area contributed by atoms with E-state index < -0.39 is 29.3 Å². The number of ether oxygens (including phenoxy) is 2. The number of carbonyl (C=O) groups excluding carboxylic acids is 3. The third-order valence-corrected chi connectivity index (χ3v) is 5.55. The molecule has 0 spiro atoms. The molecule has 40 heavy (non-hydrogen) atoms. The number of amides is 3. The number of halogens is 1. The quantitative estimate of drug-likeness (QED) is 0.253. The molecule has 0 unspecified atom stereocenters. The zero-order valence-electron chi connectivity index (χ0n) is 23.1. The van der Waals surface area contributed by atoms with E-state index in [9.17, 15) is 24.9 Å². The van der Waals surface area contributed by atoms with Crippen molar-refractivity contribution in [3.05, 3.63) is 64.6 Å². The number of nitrogens with one attached hydrogen (secondary N) is 1. The lowest BCUT2D eigenvalue weighted by atomic mass is 10.1. The second kappa shape index (κ2) is 11.8. The molecule has 3 amide bonds. The highest BCUT2D eigenvalue weighted by atomic mass is 35.5. The summed E-state index contributed by atoms with van der Waals surface area (Å²) in [5, 5.41) is 23.3. The normalized spacial score (nSPS) is 11.4. The molecule has 2 heterocycles. The highest BCUT2D eigenvalue weighted by Crippen LogP contribution is 2.28. The van der Waals surface area contributed by atoms with Gasteiger partial charge in [-0.3, -0.25) is 10.0 Å². The minimum Gasteiger partial charge on any atom is -0.443 e. The minimum absolute atomic E-state index is 0.00749. The average Bonchev–Trinajstić information content (AvgIpc) is 2.84. The molecule has 0 saturated carbocycles. The lowest BCUT2D eigenvalue weighted by molar-refractivity contribution is -0.907. The number of nitriles is 1. The SMILES string of the molecule is CC(C)(C)OC(=O)N(C(=O)OC(C)(C)C)c1nccc2ccc(CNC(=O)Cc3c(C#N)ccc(Cl)[n+]3O)cc12. The molecule has 12 heteroatoms. The monoisotopic (exact) mass is 568 g/mol. The number of hydrogen-bond acceptors (Lipinski definition) is 8. The fraction of sp³-hybridized carbons (Fsp3) is 0.357. The molecule has 3 aromatic rings. The van der Waals surface area contributed by atoms with Gasteiger partial charge in [0.2, 0.25) is 5.91 Å². The Kier molecular flexibility index (Phi) is 8.85. The van der Waals surface area contributed by atoms with E-state index in [1.807, 2.05) is 6.07 Å². The number of pyridine rings is 2. The molecule has 0 atom stereocenters. The smallest absolute Gasteiger partial charge is 0.425 e. The number of aromatic nitrogens is 2. The molecule has 0 aliphatic rings. The minimum atomic E-state index is -0.951. The molecular formula is C28H31ClN5O6+. The lowest BCUT2D eigenvalue weighted by Gasteiger charge is -2.28. The van der Waals surface area contributed by atoms with Gasteiger partial charge in [-0.2, -0.15) is 10.2 Å². The predicted octanol–water partition coefficient (Wildman–Crippen LogP) is 4.82. The van der Waals surface area contributed by atoms with E-state index in [0.717, 1.165) is 4.90 Å². The van der Waals surface area contributed by atoms with E-state index in [-0.39, 0.29) is 35.2 Å². The van der Waals surface area contributed by atoms with Gasteiger partial charge in [0.25, 0.3) is 5.69 Å². The summed E-state index contributed by atoms with van der Waals surface area (Å²) < 4.78 is 11.5. The van der Waals surface area contributed by atoms with Crippen molar-refractivity contribution in [2.75, 3.05) is 4.90 Å². The summed E-state index contributed by atoms with van der Waals surface area (Å²) in [4.78, 5) is 44.0. The molecule has 1 aromatic carbocycles. The van der Waals surface area contributed by atoms with Crippen molar-refractivity contribution in [3.8, 4) is 6.07 Å². The Morgan fingerprint density at radius 3 is 2.25 bits per heavy atom. The molecular weight excluding hydrogens is 538 g/mol. The van der Waals surface area contributed by atoms with Gasteiger partial charge in [0.1, 0.15) is 29.3 Å². The molecule has 2 aromatic heterocycles. The van der Waals surface area contributed by atoms with Crippen LogP contribution in [0, 0.1) is 11.3 Å². The Morgan fingerprint density at radius 2 is 1.68 bits per heavy atom. The van der Waals surface area contributed by atoms with Crippen molar-refractivity contribution in [1.29, 1.82) is 5.26 Å². The third-order valence-electron chi connectivity index (χ3n) is 5.27. The van der Waals surface area contributed by atoms with Crippen LogP contribution in [0.4, 0.5) is 15.4 Å². The number of hydrogen-bond donors (Lipinski definition) is 2. The number of anilines is 1. The number of rotatable bonds is 5. The molecule has 3 rings (SSSR count). The van der Waals surface area contributed by atoms with Crippen LogP contribution in [0.15, 0.2) is 42.6 Å². The van der Waals surface area contributed by atoms with Crippen LogP contribution in [0.1, 0.15) is 58.4 Å². The van der Waals surface area contributed by atoms with Gasteiger partial charge >= 0.3 is 17.3 Å². The summed E-state index contributed by atoms with van der Waals surface area (Å²) >= 11 is 5.91. The van der Waals surface area contributed by atoms with Crippen LogP contribution < -0.4 is 14.9 Å². The van der Waals surface area contributed by atoms with Crippen molar-refractivity contribution < 1.29 is 33.8 Å². The van der Waals surface area contributed by atoms with Gasteiger partial charge in [0, 0.05) is 28.9 Å². The van der Waals surface area contributed by atoms with E-state index in [2.05, 4.69) is 10.3 Å². The van der Waals surface area contributed by atoms with Crippen molar-refractivity contribution in [3.63, 3.8) is 0 Å². The third kappa shape index (κ3) is 7.57. The first kappa shape index (κ1) is 30.1. The summed E-state index contributed by atoms with van der Waals surface area (Å²) in [7, 11) is 0. The van der Waals surface area contributed by atoms with Crippen LogP contribution in [0.2, 0.25) is 5.15 Å². The molecule has 11 nitrogen and oxygen atoms in total. The van der Waals surface area contributed by atoms with Gasteiger partial charge in [0.15, 0.2) is 5.82 Å².